The third-order valence-corrected chi connectivity index (χ3v) is 11.7. The van der Waals surface area contributed by atoms with E-state index in [4.69, 9.17) is 18.5 Å². The van der Waals surface area contributed by atoms with E-state index in [1.54, 1.807) is 47.0 Å². The molecule has 0 N–H and O–H groups in total. The Labute approximate surface area is 387 Å². The highest BCUT2D eigenvalue weighted by Gasteiger charge is 2.35. The highest BCUT2D eigenvalue weighted by atomic mass is 32.2. The van der Waals surface area contributed by atoms with Crippen molar-refractivity contribution in [1.29, 1.82) is 5.26 Å². The lowest BCUT2D eigenvalue weighted by Crippen LogP contribution is -2.01. The summed E-state index contributed by atoms with van der Waals surface area (Å²) < 4.78 is 98.7. The molecule has 0 amide bonds. The molecule has 0 unspecified atom stereocenters. The molecule has 0 aliphatic rings. The van der Waals surface area contributed by atoms with Crippen LogP contribution < -0.4 is 0 Å². The quantitative estimate of drug-likeness (QED) is 0.0923. The van der Waals surface area contributed by atoms with Crippen molar-refractivity contribution in [2.24, 2.45) is 0 Å². The number of nitrogens with zero attached hydrogens (tertiary/aromatic N) is 2. The van der Waals surface area contributed by atoms with Crippen LogP contribution in [0.2, 0.25) is 0 Å². The first kappa shape index (κ1) is 56.8. The maximum Gasteiger partial charge on any atom is 0.449 e. The van der Waals surface area contributed by atoms with E-state index in [2.05, 4.69) is 8.83 Å². The van der Waals surface area contributed by atoms with Gasteiger partial charge in [0.2, 0.25) is 26.5 Å². The van der Waals surface area contributed by atoms with E-state index in [9.17, 15) is 36.1 Å². The van der Waals surface area contributed by atoms with Gasteiger partial charge in [0, 0.05) is 30.5 Å². The van der Waals surface area contributed by atoms with Crippen molar-refractivity contribution in [3.63, 3.8) is 0 Å². The second-order valence-electron chi connectivity index (χ2n) is 10.3. The molecule has 10 aromatic rings. The average molecular weight is 1010 g/mol. The molecule has 10 aromatic heterocycles. The van der Waals surface area contributed by atoms with Gasteiger partial charge in [0.05, 0.1) is 29.6 Å². The van der Waals surface area contributed by atoms with E-state index in [0.717, 1.165) is 36.7 Å². The first-order valence-corrected chi connectivity index (χ1v) is 25.8. The largest absolute Gasteiger partial charge is 0.451 e. The van der Waals surface area contributed by atoms with Gasteiger partial charge in [-0.3, -0.25) is 10.1 Å². The molecule has 0 fully saturated rings. The first-order valence-electron chi connectivity index (χ1n) is 19.5. The topological polar surface area (TPSA) is 167 Å². The van der Waals surface area contributed by atoms with Gasteiger partial charge in [-0.05, 0) is 57.2 Å². The highest BCUT2D eigenvalue weighted by molar-refractivity contribution is 7.90. The third kappa shape index (κ3) is 16.7. The molecule has 0 spiro atoms. The number of furan rings is 5. The van der Waals surface area contributed by atoms with Crippen LogP contribution in [0.4, 0.5) is 23.4 Å². The minimum Gasteiger partial charge on any atom is -0.451 e. The predicted molar refractivity (Wildman–Crippen MR) is 257 cm³/mol. The minimum absolute atomic E-state index is 0.0457. The standard InChI is InChI=1S/C7H3F3OS.C7H3NOS.C7H6O3S2.C6H3FOS.C6H3NO3S.5C2H6/c8-7(9,10)6-3-5-4(11-6)1-2-12-5;8-4-5-3-7-6(9-5)1-2-10-7;1-12(8,9)7-4-6-5(10-7)2-3-11-6;7-6-3-5-4(8-6)1-2-9-5;8-7(9)6-3-5-4(10-6)1-2-11-5;5*1-2/h1-3H;1-3H;2-4H,1H3;1-3H;1-3H;5*1-2H3. The van der Waals surface area contributed by atoms with E-state index in [-0.39, 0.29) is 11.0 Å². The zero-order chi connectivity index (χ0) is 48.6. The summed E-state index contributed by atoms with van der Waals surface area (Å²) in [5.41, 5.74) is 2.97. The van der Waals surface area contributed by atoms with Gasteiger partial charge in [0.1, 0.15) is 33.3 Å². The van der Waals surface area contributed by atoms with Gasteiger partial charge in [0.15, 0.2) is 5.58 Å². The fourth-order valence-corrected chi connectivity index (χ4v) is 8.56. The average Bonchev–Trinajstić information content (AvgIpc) is 4.11. The van der Waals surface area contributed by atoms with Gasteiger partial charge in [0.25, 0.3) is 6.01 Å². The maximum absolute atomic E-state index is 12.2. The third-order valence-electron chi connectivity index (χ3n) is 6.57. The molecule has 0 aliphatic heterocycles. The SMILES string of the molecule is CC.CC.CC.CC.CC.CS(=O)(=O)c1cc2sccc2o1.FC(F)(F)c1cc2sccc2o1.Fc1cc2sccc2o1.N#Cc1cc2sccc2o1.O=[N+]([O-])c1cc2sccc2o1. The van der Waals surface area contributed by atoms with Crippen molar-refractivity contribution < 1.29 is 53.0 Å². The number of nitro groups is 1. The summed E-state index contributed by atoms with van der Waals surface area (Å²) >= 11 is 7.18. The van der Waals surface area contributed by atoms with Crippen LogP contribution in [0.25, 0.3) is 51.4 Å². The van der Waals surface area contributed by atoms with Gasteiger partial charge in [-0.2, -0.15) is 22.8 Å². The second kappa shape index (κ2) is 28.5. The van der Waals surface area contributed by atoms with Gasteiger partial charge < -0.3 is 22.1 Å². The molecule has 0 aliphatic carbocycles. The summed E-state index contributed by atoms with van der Waals surface area (Å²) in [6.45, 7) is 20.0. The molecule has 348 valence electrons. The van der Waals surface area contributed by atoms with Crippen molar-refractivity contribution in [3.05, 3.63) is 115 Å². The summed E-state index contributed by atoms with van der Waals surface area (Å²) in [4.78, 5) is 9.65. The molecule has 0 radical (unpaired) electrons. The summed E-state index contributed by atoms with van der Waals surface area (Å²) in [7, 11) is -3.19. The number of hydrogen-bond acceptors (Lipinski definition) is 15. The summed E-state index contributed by atoms with van der Waals surface area (Å²) in [6, 6.07) is 17.2. The lowest BCUT2D eigenvalue weighted by atomic mass is 10.4. The molecular weight excluding hydrogens is 957 g/mol. The lowest BCUT2D eigenvalue weighted by Gasteiger charge is -1.98. The van der Waals surface area contributed by atoms with Gasteiger partial charge in [-0.1, -0.05) is 69.2 Å². The molecule has 11 nitrogen and oxygen atoms in total. The van der Waals surface area contributed by atoms with Crippen molar-refractivity contribution in [2.45, 2.75) is 80.5 Å². The van der Waals surface area contributed by atoms with Crippen LogP contribution in [-0.2, 0) is 16.0 Å². The molecule has 0 saturated carbocycles. The van der Waals surface area contributed by atoms with Crippen molar-refractivity contribution in [2.75, 3.05) is 6.26 Å². The van der Waals surface area contributed by atoms with Crippen LogP contribution in [0, 0.1) is 27.5 Å². The number of nitriles is 1. The van der Waals surface area contributed by atoms with E-state index >= 15 is 0 Å². The van der Waals surface area contributed by atoms with Crippen molar-refractivity contribution >= 4 is 124 Å². The van der Waals surface area contributed by atoms with Crippen LogP contribution in [0.5, 0.6) is 0 Å². The van der Waals surface area contributed by atoms with Crippen LogP contribution in [0.1, 0.15) is 80.8 Å². The van der Waals surface area contributed by atoms with Gasteiger partial charge in [-0.25, -0.2) is 8.42 Å². The monoisotopic (exact) mass is 1000 g/mol. The molecule has 21 heteroatoms. The smallest absolute Gasteiger partial charge is 0.449 e. The number of thiophene rings is 5. The summed E-state index contributed by atoms with van der Waals surface area (Å²) in [5, 5.41) is 27.8. The molecule has 0 aromatic carbocycles. The Kier molecular flexibility index (Phi) is 25.3. The van der Waals surface area contributed by atoms with E-state index in [1.165, 1.54) is 63.5 Å². The fourth-order valence-electron chi connectivity index (χ4n) is 4.23. The Morgan fingerprint density at radius 1 is 0.578 bits per heavy atom. The number of rotatable bonds is 2. The maximum atomic E-state index is 12.2. The normalized spacial score (nSPS) is 10.0. The lowest BCUT2D eigenvalue weighted by molar-refractivity contribution is -0.401. The summed E-state index contributed by atoms with van der Waals surface area (Å²) in [6.07, 6.45) is -3.24. The Balaban J connectivity index is 0.000000382. The molecular formula is C43H48F4N2O9S6. The zero-order valence-corrected chi connectivity index (χ0v) is 41.6. The highest BCUT2D eigenvalue weighted by Crippen LogP contribution is 2.35. The van der Waals surface area contributed by atoms with E-state index < -0.39 is 32.7 Å². The Hall–Kier alpha value is -5.24. The van der Waals surface area contributed by atoms with Crippen LogP contribution in [-0.4, -0.2) is 19.6 Å². The fraction of sp³-hybridized carbons (Fsp3) is 0.279. The molecule has 0 saturated heterocycles. The van der Waals surface area contributed by atoms with Crippen LogP contribution in [0.15, 0.2) is 115 Å². The van der Waals surface area contributed by atoms with E-state index in [1.807, 2.05) is 103 Å². The zero-order valence-electron chi connectivity index (χ0n) is 36.7. The van der Waals surface area contributed by atoms with Crippen molar-refractivity contribution in [1.82, 2.24) is 0 Å². The number of sulfone groups is 1. The number of halogens is 4. The Bertz CT molecular complexity index is 2820. The van der Waals surface area contributed by atoms with Gasteiger partial charge in [-0.15, -0.1) is 56.7 Å². The molecule has 0 bridgehead atoms. The molecule has 64 heavy (non-hydrogen) atoms. The Morgan fingerprint density at radius 3 is 1.31 bits per heavy atom. The molecule has 0 atom stereocenters. The first-order chi connectivity index (χ1) is 30.7. The minimum atomic E-state index is -4.38. The Morgan fingerprint density at radius 2 is 0.953 bits per heavy atom. The number of alkyl halides is 3. The predicted octanol–water partition coefficient (Wildman–Crippen LogP) is 17.9. The summed E-state index contributed by atoms with van der Waals surface area (Å²) in [5.74, 6) is -0.724. The molecule has 10 heterocycles. The second-order valence-corrected chi connectivity index (χ2v) is 17.0. The number of fused-ring (bicyclic) bond motifs is 5. The number of hydrogen-bond donors (Lipinski definition) is 0. The van der Waals surface area contributed by atoms with Gasteiger partial charge >= 0.3 is 12.1 Å². The molecule has 10 rings (SSSR count). The van der Waals surface area contributed by atoms with Crippen molar-refractivity contribution in [3.8, 4) is 6.07 Å². The van der Waals surface area contributed by atoms with E-state index in [0.29, 0.717) is 32.8 Å². The van der Waals surface area contributed by atoms with Crippen LogP contribution in [0.3, 0.4) is 0 Å². The van der Waals surface area contributed by atoms with Crippen LogP contribution >= 0.6 is 56.7 Å².